The maximum atomic E-state index is 12.9. The molecule has 0 fully saturated rings. The van der Waals surface area contributed by atoms with Crippen molar-refractivity contribution < 1.29 is 23.9 Å². The SMILES string of the molecule is COC(=O)[C@H]1C(=O)NC(SCC(=O)Nc2ccc(Br)cc2Cl)=C(C#N)[C@H]1c1ccc(OC)cc1. The molecular formula is C23H19BrClN3O5S. The molecule has 0 spiro atoms. The molecule has 1 aliphatic rings. The van der Waals surface area contributed by atoms with Gasteiger partial charge in [0.25, 0.3) is 0 Å². The first-order valence-corrected chi connectivity index (χ1v) is 12.0. The molecule has 2 atom stereocenters. The molecule has 2 amide bonds. The minimum atomic E-state index is -1.26. The molecule has 0 bridgehead atoms. The lowest BCUT2D eigenvalue weighted by atomic mass is 9.78. The molecule has 0 saturated heterocycles. The van der Waals surface area contributed by atoms with Gasteiger partial charge in [-0.15, -0.1) is 0 Å². The quantitative estimate of drug-likeness (QED) is 0.382. The lowest BCUT2D eigenvalue weighted by Crippen LogP contribution is -2.44. The zero-order valence-corrected chi connectivity index (χ0v) is 21.2. The van der Waals surface area contributed by atoms with Gasteiger partial charge in [-0.1, -0.05) is 51.4 Å². The molecule has 8 nitrogen and oxygen atoms in total. The van der Waals surface area contributed by atoms with E-state index in [1.54, 1.807) is 42.5 Å². The van der Waals surface area contributed by atoms with Crippen LogP contribution >= 0.6 is 39.3 Å². The lowest BCUT2D eigenvalue weighted by molar-refractivity contribution is -0.150. The van der Waals surface area contributed by atoms with Crippen LogP contribution in [0.5, 0.6) is 5.75 Å². The van der Waals surface area contributed by atoms with Crippen LogP contribution in [0.4, 0.5) is 5.69 Å². The number of anilines is 1. The van der Waals surface area contributed by atoms with Crippen molar-refractivity contribution in [3.8, 4) is 11.8 Å². The lowest BCUT2D eigenvalue weighted by Gasteiger charge is -2.31. The number of nitrogens with one attached hydrogen (secondary N) is 2. The molecule has 0 saturated carbocycles. The second-order valence-corrected chi connectivity index (χ2v) is 9.37. The van der Waals surface area contributed by atoms with Crippen molar-refractivity contribution in [3.05, 3.63) is 68.1 Å². The van der Waals surface area contributed by atoms with Gasteiger partial charge in [0, 0.05) is 10.4 Å². The third-order valence-electron chi connectivity index (χ3n) is 5.01. The fourth-order valence-corrected chi connectivity index (χ4v) is 4.97. The van der Waals surface area contributed by atoms with E-state index < -0.39 is 23.7 Å². The number of esters is 1. The number of methoxy groups -OCH3 is 2. The van der Waals surface area contributed by atoms with E-state index >= 15 is 0 Å². The molecule has 2 N–H and O–H groups in total. The summed E-state index contributed by atoms with van der Waals surface area (Å²) in [5, 5.41) is 15.8. The van der Waals surface area contributed by atoms with Crippen LogP contribution in [0.15, 0.2) is 57.5 Å². The van der Waals surface area contributed by atoms with Crippen LogP contribution in [0.1, 0.15) is 11.5 Å². The first kappa shape index (κ1) is 25.6. The number of carbonyl (C=O) groups is 3. The highest BCUT2D eigenvalue weighted by molar-refractivity contribution is 9.10. The molecule has 3 rings (SSSR count). The molecule has 2 aromatic rings. The van der Waals surface area contributed by atoms with Crippen molar-refractivity contribution in [2.45, 2.75) is 5.92 Å². The summed E-state index contributed by atoms with van der Waals surface area (Å²) in [6.45, 7) is 0. The zero-order chi connectivity index (χ0) is 24.8. The highest BCUT2D eigenvalue weighted by atomic mass is 79.9. The van der Waals surface area contributed by atoms with Gasteiger partial charge in [0.05, 0.1) is 47.4 Å². The first-order chi connectivity index (χ1) is 16.3. The van der Waals surface area contributed by atoms with Crippen LogP contribution in [0.3, 0.4) is 0 Å². The summed E-state index contributed by atoms with van der Waals surface area (Å²) in [7, 11) is 2.69. The highest BCUT2D eigenvalue weighted by Crippen LogP contribution is 2.40. The number of rotatable bonds is 7. The van der Waals surface area contributed by atoms with Crippen molar-refractivity contribution in [1.82, 2.24) is 5.32 Å². The summed E-state index contributed by atoms with van der Waals surface area (Å²) >= 11 is 10.4. The van der Waals surface area contributed by atoms with Crippen molar-refractivity contribution in [3.63, 3.8) is 0 Å². The Kier molecular flexibility index (Phi) is 8.61. The summed E-state index contributed by atoms with van der Waals surface area (Å²) in [5.41, 5.74) is 1.14. The molecule has 1 aliphatic heterocycles. The van der Waals surface area contributed by atoms with E-state index in [2.05, 4.69) is 32.6 Å². The Morgan fingerprint density at radius 1 is 1.24 bits per heavy atom. The van der Waals surface area contributed by atoms with E-state index in [0.717, 1.165) is 16.2 Å². The van der Waals surface area contributed by atoms with Gasteiger partial charge in [0.2, 0.25) is 11.8 Å². The standard InChI is InChI=1S/C23H19BrClN3O5S/c1-32-14-6-3-12(4-7-14)19-15(10-26)22(28-21(30)20(19)23(31)33-2)34-11-18(29)27-17-8-5-13(24)9-16(17)25/h3-9,19-20H,11H2,1-2H3,(H,27,29)(H,28,30)/t19-,20-/m1/s1. The van der Waals surface area contributed by atoms with Crippen molar-refractivity contribution in [1.29, 1.82) is 5.26 Å². The van der Waals surface area contributed by atoms with Crippen molar-refractivity contribution in [2.75, 3.05) is 25.3 Å². The van der Waals surface area contributed by atoms with Gasteiger partial charge in [-0.2, -0.15) is 5.26 Å². The third-order valence-corrected chi connectivity index (χ3v) is 6.83. The predicted molar refractivity (Wildman–Crippen MR) is 132 cm³/mol. The Labute approximate surface area is 213 Å². The van der Waals surface area contributed by atoms with Gasteiger partial charge in [-0.05, 0) is 35.9 Å². The van der Waals surface area contributed by atoms with E-state index in [-0.39, 0.29) is 22.3 Å². The second kappa shape index (κ2) is 11.4. The smallest absolute Gasteiger partial charge is 0.319 e. The van der Waals surface area contributed by atoms with Gasteiger partial charge in [-0.25, -0.2) is 0 Å². The second-order valence-electron chi connectivity index (χ2n) is 7.06. The average molecular weight is 565 g/mol. The summed E-state index contributed by atoms with van der Waals surface area (Å²) < 4.78 is 10.8. The summed E-state index contributed by atoms with van der Waals surface area (Å²) in [6.07, 6.45) is 0. The number of hydrogen-bond donors (Lipinski definition) is 2. The number of halogens is 2. The van der Waals surface area contributed by atoms with Crippen LogP contribution in [0, 0.1) is 17.2 Å². The Balaban J connectivity index is 1.89. The van der Waals surface area contributed by atoms with Gasteiger partial charge in [-0.3, -0.25) is 14.4 Å². The van der Waals surface area contributed by atoms with Gasteiger partial charge >= 0.3 is 5.97 Å². The van der Waals surface area contributed by atoms with E-state index in [9.17, 15) is 19.6 Å². The third kappa shape index (κ3) is 5.73. The van der Waals surface area contributed by atoms with Crippen LogP contribution in [-0.4, -0.2) is 37.8 Å². The van der Waals surface area contributed by atoms with Crippen LogP contribution in [-0.2, 0) is 19.1 Å². The molecule has 0 aromatic heterocycles. The number of nitrogens with zero attached hydrogens (tertiary/aromatic N) is 1. The number of amides is 2. The molecule has 176 valence electrons. The molecule has 0 unspecified atom stereocenters. The van der Waals surface area contributed by atoms with E-state index in [1.807, 2.05) is 0 Å². The maximum Gasteiger partial charge on any atom is 0.319 e. The van der Waals surface area contributed by atoms with Gasteiger partial charge in [0.15, 0.2) is 0 Å². The number of benzene rings is 2. The number of allylic oxidation sites excluding steroid dienone is 1. The topological polar surface area (TPSA) is 118 Å². The van der Waals surface area contributed by atoms with Crippen LogP contribution < -0.4 is 15.4 Å². The fraction of sp³-hybridized carbons (Fsp3) is 0.217. The molecule has 34 heavy (non-hydrogen) atoms. The minimum Gasteiger partial charge on any atom is -0.497 e. The Hall–Kier alpha value is -3.00. The Bertz CT molecular complexity index is 1200. The van der Waals surface area contributed by atoms with E-state index in [4.69, 9.17) is 21.1 Å². The summed E-state index contributed by atoms with van der Waals surface area (Å²) in [4.78, 5) is 37.8. The normalized spacial score (nSPS) is 17.4. The monoisotopic (exact) mass is 563 g/mol. The van der Waals surface area contributed by atoms with Crippen LogP contribution in [0.2, 0.25) is 5.02 Å². The minimum absolute atomic E-state index is 0.106. The number of carbonyl (C=O) groups excluding carboxylic acids is 3. The van der Waals surface area contributed by atoms with Crippen molar-refractivity contribution >= 4 is 62.8 Å². The highest BCUT2D eigenvalue weighted by Gasteiger charge is 2.44. The van der Waals surface area contributed by atoms with Crippen LogP contribution in [0.25, 0.3) is 0 Å². The first-order valence-electron chi connectivity index (χ1n) is 9.83. The predicted octanol–water partition coefficient (Wildman–Crippen LogP) is 4.22. The molecule has 0 aliphatic carbocycles. The maximum absolute atomic E-state index is 12.9. The Morgan fingerprint density at radius 2 is 1.94 bits per heavy atom. The summed E-state index contributed by atoms with van der Waals surface area (Å²) in [6, 6.07) is 13.8. The molecule has 2 aromatic carbocycles. The molecular weight excluding hydrogens is 546 g/mol. The van der Waals surface area contributed by atoms with E-state index in [0.29, 0.717) is 22.0 Å². The van der Waals surface area contributed by atoms with E-state index in [1.165, 1.54) is 14.2 Å². The summed E-state index contributed by atoms with van der Waals surface area (Å²) in [5.74, 6) is -3.44. The Morgan fingerprint density at radius 3 is 2.53 bits per heavy atom. The molecule has 1 heterocycles. The average Bonchev–Trinajstić information content (AvgIpc) is 2.83. The number of hydrogen-bond acceptors (Lipinski definition) is 7. The number of nitriles is 1. The number of ether oxygens (including phenoxy) is 2. The fourth-order valence-electron chi connectivity index (χ4n) is 3.41. The van der Waals surface area contributed by atoms with Gasteiger partial charge < -0.3 is 20.1 Å². The van der Waals surface area contributed by atoms with Gasteiger partial charge in [0.1, 0.15) is 11.7 Å². The largest absolute Gasteiger partial charge is 0.497 e. The molecule has 11 heteroatoms. The number of thioether (sulfide) groups is 1. The molecule has 0 radical (unpaired) electrons. The zero-order valence-electron chi connectivity index (χ0n) is 18.1. The van der Waals surface area contributed by atoms with Crippen molar-refractivity contribution in [2.24, 2.45) is 5.92 Å².